The molecule has 5 atom stereocenters. The van der Waals surface area contributed by atoms with Gasteiger partial charge >= 0.3 is 51.4 Å². The molecule has 1 aliphatic rings. The summed E-state index contributed by atoms with van der Waals surface area (Å²) in [6, 6.07) is 9.13. The quantitative estimate of drug-likeness (QED) is 0.0783. The van der Waals surface area contributed by atoms with Gasteiger partial charge in [-0.05, 0) is 12.0 Å². The fraction of sp³-hybridized carbons (Fsp3) is 0.533. The molecule has 1 aromatic carbocycles. The molecule has 0 aromatic heterocycles. The average Bonchev–Trinajstić information content (AvgIpc) is 2.64. The minimum atomic E-state index is -5.07. The largest absolute Gasteiger partial charge is 1.00 e. The SMILES string of the molecule is O=S(=O)([O-])O/N=C(\CCc1ccccc1)SC1O[C@@H](CO)[C@H](O)[C@@H](O)[C@@H]1O.[K+]. The van der Waals surface area contributed by atoms with Gasteiger partial charge in [0.05, 0.1) is 6.61 Å². The summed E-state index contributed by atoms with van der Waals surface area (Å²) in [4.78, 5) is 0. The average molecular weight is 462 g/mol. The number of ether oxygens (including phenoxy) is 1. The van der Waals surface area contributed by atoms with Crippen molar-refractivity contribution in [2.45, 2.75) is 42.7 Å². The molecule has 1 fully saturated rings. The van der Waals surface area contributed by atoms with E-state index in [0.29, 0.717) is 6.42 Å². The normalized spacial score (nSPS) is 28.5. The predicted molar refractivity (Wildman–Crippen MR) is 94.3 cm³/mol. The van der Waals surface area contributed by atoms with Crippen LogP contribution in [-0.4, -0.2) is 74.9 Å². The van der Waals surface area contributed by atoms with E-state index in [1.807, 2.05) is 30.3 Å². The fourth-order valence-corrected chi connectivity index (χ4v) is 3.70. The van der Waals surface area contributed by atoms with E-state index in [-0.39, 0.29) is 62.8 Å². The molecule has 1 aromatic rings. The summed E-state index contributed by atoms with van der Waals surface area (Å²) in [7, 11) is -5.07. The van der Waals surface area contributed by atoms with Crippen LogP contribution in [0.3, 0.4) is 0 Å². The Bertz CT molecular complexity index is 732. The molecule has 10 nitrogen and oxygen atoms in total. The predicted octanol–water partition coefficient (Wildman–Crippen LogP) is -4.05. The molecule has 28 heavy (non-hydrogen) atoms. The third-order valence-electron chi connectivity index (χ3n) is 3.80. The van der Waals surface area contributed by atoms with Crippen LogP contribution in [0.2, 0.25) is 0 Å². The van der Waals surface area contributed by atoms with Gasteiger partial charge in [-0.25, -0.2) is 0 Å². The molecule has 4 N–H and O–H groups in total. The van der Waals surface area contributed by atoms with Gasteiger partial charge < -0.3 is 29.7 Å². The summed E-state index contributed by atoms with van der Waals surface area (Å²) < 4.78 is 41.3. The summed E-state index contributed by atoms with van der Waals surface area (Å²) in [5, 5.41) is 42.2. The Morgan fingerprint density at radius 2 is 1.82 bits per heavy atom. The number of thioether (sulfide) groups is 1. The van der Waals surface area contributed by atoms with Crippen LogP contribution in [0.5, 0.6) is 0 Å². The summed E-state index contributed by atoms with van der Waals surface area (Å²) in [6.07, 6.45) is -5.21. The van der Waals surface area contributed by atoms with Gasteiger partial charge in [-0.2, -0.15) is 8.42 Å². The van der Waals surface area contributed by atoms with Crippen molar-refractivity contribution in [2.24, 2.45) is 5.16 Å². The number of nitrogens with zero attached hydrogens (tertiary/aromatic N) is 1. The molecule has 0 spiro atoms. The van der Waals surface area contributed by atoms with Gasteiger partial charge in [0.1, 0.15) is 34.9 Å². The molecule has 152 valence electrons. The molecule has 13 heteroatoms. The first-order chi connectivity index (χ1) is 12.7. The molecule has 2 rings (SSSR count). The second-order valence-corrected chi connectivity index (χ2v) is 7.91. The van der Waals surface area contributed by atoms with Crippen molar-refractivity contribution in [1.82, 2.24) is 0 Å². The van der Waals surface area contributed by atoms with Crippen molar-refractivity contribution in [3.8, 4) is 0 Å². The van der Waals surface area contributed by atoms with Crippen LogP contribution in [0, 0.1) is 0 Å². The first-order valence-corrected chi connectivity index (χ1v) is 10.1. The Morgan fingerprint density at radius 1 is 1.18 bits per heavy atom. The number of aryl methyl sites for hydroxylation is 1. The van der Waals surface area contributed by atoms with E-state index in [1.54, 1.807) is 0 Å². The van der Waals surface area contributed by atoms with Crippen molar-refractivity contribution in [3.05, 3.63) is 35.9 Å². The summed E-state index contributed by atoms with van der Waals surface area (Å²) in [5.41, 5.74) is -0.266. The molecular formula is C15H20KNO9S2. The third kappa shape index (κ3) is 8.26. The third-order valence-corrected chi connectivity index (χ3v) is 5.23. The van der Waals surface area contributed by atoms with Crippen LogP contribution in [0.25, 0.3) is 0 Å². The van der Waals surface area contributed by atoms with Crippen LogP contribution in [0.1, 0.15) is 12.0 Å². The Hall–Kier alpha value is 0.386. The van der Waals surface area contributed by atoms with E-state index >= 15 is 0 Å². The number of rotatable bonds is 7. The van der Waals surface area contributed by atoms with Crippen LogP contribution >= 0.6 is 11.8 Å². The topological polar surface area (TPSA) is 169 Å². The van der Waals surface area contributed by atoms with Gasteiger partial charge in [0.15, 0.2) is 0 Å². The van der Waals surface area contributed by atoms with E-state index in [1.165, 1.54) is 0 Å². The zero-order chi connectivity index (χ0) is 20.0. The van der Waals surface area contributed by atoms with Gasteiger partial charge in [0.2, 0.25) is 0 Å². The van der Waals surface area contributed by atoms with E-state index in [9.17, 15) is 33.4 Å². The van der Waals surface area contributed by atoms with E-state index in [2.05, 4.69) is 9.44 Å². The van der Waals surface area contributed by atoms with E-state index in [4.69, 9.17) is 4.74 Å². The monoisotopic (exact) mass is 461 g/mol. The smallest absolute Gasteiger partial charge is 0.714 e. The number of hydrogen-bond acceptors (Lipinski definition) is 11. The van der Waals surface area contributed by atoms with Gasteiger partial charge in [0, 0.05) is 6.42 Å². The van der Waals surface area contributed by atoms with Crippen molar-refractivity contribution in [2.75, 3.05) is 6.61 Å². The van der Waals surface area contributed by atoms with Crippen LogP contribution in [0.4, 0.5) is 0 Å². The summed E-state index contributed by atoms with van der Waals surface area (Å²) in [5.74, 6) is 0. The molecule has 0 bridgehead atoms. The van der Waals surface area contributed by atoms with Gasteiger partial charge in [0.25, 0.3) is 10.4 Å². The maximum atomic E-state index is 10.7. The number of benzene rings is 1. The van der Waals surface area contributed by atoms with Crippen molar-refractivity contribution < 1.29 is 93.8 Å². The van der Waals surface area contributed by atoms with Gasteiger partial charge in [-0.15, -0.1) is 0 Å². The van der Waals surface area contributed by atoms with Crippen molar-refractivity contribution >= 4 is 27.2 Å². The van der Waals surface area contributed by atoms with E-state index in [0.717, 1.165) is 17.3 Å². The molecule has 0 aliphatic carbocycles. The Kier molecular flexibility index (Phi) is 11.6. The van der Waals surface area contributed by atoms with Gasteiger partial charge in [-0.3, -0.25) is 4.28 Å². The summed E-state index contributed by atoms with van der Waals surface area (Å²) >= 11 is 0.726. The number of hydrogen-bond donors (Lipinski definition) is 4. The first kappa shape index (κ1) is 26.4. The maximum Gasteiger partial charge on any atom is 1.00 e. The molecule has 0 amide bonds. The standard InChI is InChI=1S/C15H21NO9S2.K/c17-8-10-12(18)13(19)14(20)15(24-10)26-11(16-25-27(21,22)23)7-6-9-4-2-1-3-5-9;/h1-5,10,12-15,17-20H,6-8H2,(H,21,22,23);/q;+1/p-1/b16-11+;/t10-,12-,13+,14-,15?;/m0./s1. The first-order valence-electron chi connectivity index (χ1n) is 7.93. The van der Waals surface area contributed by atoms with Crippen LogP contribution in [-0.2, 0) is 25.8 Å². The Balaban J connectivity index is 0.00000392. The molecule has 0 saturated carbocycles. The number of aliphatic hydroxyl groups excluding tert-OH is 4. The number of oxime groups is 1. The Labute approximate surface area is 209 Å². The molecule has 1 saturated heterocycles. The molecule has 0 radical (unpaired) electrons. The maximum absolute atomic E-state index is 10.7. The van der Waals surface area contributed by atoms with Crippen molar-refractivity contribution in [1.29, 1.82) is 0 Å². The summed E-state index contributed by atoms with van der Waals surface area (Å²) in [6.45, 7) is -0.607. The molecule has 1 unspecified atom stereocenters. The van der Waals surface area contributed by atoms with Crippen LogP contribution < -0.4 is 51.4 Å². The molecule has 1 heterocycles. The number of aliphatic hydroxyl groups is 4. The Morgan fingerprint density at radius 3 is 2.39 bits per heavy atom. The van der Waals surface area contributed by atoms with E-state index < -0.39 is 46.9 Å². The van der Waals surface area contributed by atoms with Gasteiger partial charge in [-0.1, -0.05) is 47.2 Å². The second-order valence-electron chi connectivity index (χ2n) is 5.77. The minimum absolute atomic E-state index is 0. The molecule has 1 aliphatic heterocycles. The molecular weight excluding hydrogens is 441 g/mol. The fourth-order valence-electron chi connectivity index (χ4n) is 2.41. The second kappa shape index (κ2) is 12.3. The van der Waals surface area contributed by atoms with Crippen molar-refractivity contribution in [3.63, 3.8) is 0 Å². The zero-order valence-corrected chi connectivity index (χ0v) is 19.7. The van der Waals surface area contributed by atoms with Crippen LogP contribution in [0.15, 0.2) is 35.5 Å². The minimum Gasteiger partial charge on any atom is -0.714 e. The zero-order valence-electron chi connectivity index (χ0n) is 15.0.